The third kappa shape index (κ3) is 10.2. The summed E-state index contributed by atoms with van der Waals surface area (Å²) in [5.74, 6) is -0.718. The minimum atomic E-state index is -2.13. The first-order valence-corrected chi connectivity index (χ1v) is 3.34. The van der Waals surface area contributed by atoms with Crippen molar-refractivity contribution in [3.05, 3.63) is 0 Å². The molecule has 0 spiro atoms. The van der Waals surface area contributed by atoms with Crippen molar-refractivity contribution in [1.29, 1.82) is 0 Å². The zero-order valence-corrected chi connectivity index (χ0v) is 6.05. The molecule has 7 heteroatoms. The van der Waals surface area contributed by atoms with Gasteiger partial charge in [-0.2, -0.15) is 4.21 Å². The summed E-state index contributed by atoms with van der Waals surface area (Å²) in [7, 11) is 0. The summed E-state index contributed by atoms with van der Waals surface area (Å²) in [4.78, 5) is 19.6. The average Bonchev–Trinajstić information content (AvgIpc) is 1.82. The molecular weight excluding hydrogens is 183 g/mol. The predicted octanol–water partition coefficient (Wildman–Crippen LogP) is -1.30. The Hall–Kier alpha value is 0.250. The van der Waals surface area contributed by atoms with Crippen LogP contribution in [0.1, 0.15) is 6.92 Å². The maximum absolute atomic E-state index is 10.3. The molecule has 0 aliphatic heterocycles. The molecule has 0 aromatic carbocycles. The summed E-state index contributed by atoms with van der Waals surface area (Å²) < 4.78 is 18.5. The first kappa shape index (κ1) is 13.8. The van der Waals surface area contributed by atoms with Gasteiger partial charge in [0.2, 0.25) is 0 Å². The van der Waals surface area contributed by atoms with Gasteiger partial charge in [-0.1, -0.05) is 0 Å². The minimum absolute atomic E-state index is 0. The third-order valence-electron chi connectivity index (χ3n) is 0.418. The van der Waals surface area contributed by atoms with E-state index in [9.17, 15) is 13.8 Å². The van der Waals surface area contributed by atoms with Crippen LogP contribution >= 0.6 is 0 Å². The van der Waals surface area contributed by atoms with E-state index in [1.807, 2.05) is 0 Å². The first-order chi connectivity index (χ1) is 4.66. The molecule has 0 N–H and O–H groups in total. The molecule has 0 saturated carbocycles. The van der Waals surface area contributed by atoms with E-state index in [0.29, 0.717) is 6.29 Å². The van der Waals surface area contributed by atoms with Crippen LogP contribution in [0.5, 0.6) is 0 Å². The van der Waals surface area contributed by atoms with E-state index in [1.54, 1.807) is 0 Å². The third-order valence-corrected chi connectivity index (χ3v) is 1.12. The van der Waals surface area contributed by atoms with Gasteiger partial charge in [-0.25, -0.2) is 0 Å². The zero-order valence-electron chi connectivity index (χ0n) is 5.23. The van der Waals surface area contributed by atoms with Crippen molar-refractivity contribution in [2.24, 2.45) is 0 Å². The number of hydrogen-bond donors (Lipinski definition) is 0. The van der Waals surface area contributed by atoms with Crippen molar-refractivity contribution in [1.82, 2.24) is 0 Å². The average molecular weight is 190 g/mol. The van der Waals surface area contributed by atoms with E-state index >= 15 is 0 Å². The molecule has 0 rings (SSSR count). The van der Waals surface area contributed by atoms with E-state index in [0.717, 1.165) is 6.92 Å². The van der Waals surface area contributed by atoms with Gasteiger partial charge >= 0.3 is 46.9 Å². The predicted molar refractivity (Wildman–Crippen MR) is 39.1 cm³/mol. The molecule has 0 aromatic heterocycles. The fourth-order valence-corrected chi connectivity index (χ4v) is 0.610. The second-order valence-corrected chi connectivity index (χ2v) is 2.04. The molecule has 0 aromatic rings. The van der Waals surface area contributed by atoms with Gasteiger partial charge in [0.05, 0.1) is 0 Å². The van der Waals surface area contributed by atoms with Crippen LogP contribution in [0.15, 0.2) is 0 Å². The summed E-state index contributed by atoms with van der Waals surface area (Å²) >= 11 is -2.13. The zero-order chi connectivity index (χ0) is 7.98. The molecule has 0 aliphatic rings. The second-order valence-electron chi connectivity index (χ2n) is 1.23. The molecule has 0 saturated heterocycles. The number of rotatable bonds is 4. The Morgan fingerprint density at radius 1 is 1.64 bits per heavy atom. The fraction of sp³-hybridized carbons (Fsp3) is 0.500. The number of hydrogen-bond acceptors (Lipinski definition) is 5. The molecule has 0 aliphatic carbocycles. The van der Waals surface area contributed by atoms with E-state index in [-0.39, 0.29) is 36.2 Å². The van der Waals surface area contributed by atoms with Crippen LogP contribution < -0.4 is 0 Å². The van der Waals surface area contributed by atoms with Crippen LogP contribution in [-0.4, -0.2) is 52.6 Å². The number of carbonyl (C=O) groups excluding carboxylic acids is 2. The Labute approximate surface area is 88.6 Å². The summed E-state index contributed by atoms with van der Waals surface area (Å²) in [5.41, 5.74) is 0. The van der Waals surface area contributed by atoms with Crippen molar-refractivity contribution in [3.63, 3.8) is 0 Å². The second kappa shape index (κ2) is 8.35. The molecule has 1 atom stereocenters. The molecule has 0 fully saturated rings. The molecule has 1 unspecified atom stereocenters. The van der Waals surface area contributed by atoms with Gasteiger partial charge in [-0.05, 0) is 0 Å². The molecule has 0 amide bonds. The normalized spacial score (nSPS) is 11.0. The van der Waals surface area contributed by atoms with E-state index in [1.165, 1.54) is 0 Å². The molecule has 60 valence electrons. The molecule has 0 heterocycles. The number of aldehydes is 1. The van der Waals surface area contributed by atoms with Gasteiger partial charge < -0.3 is 8.98 Å². The number of carbonyl (C=O) groups is 2. The summed E-state index contributed by atoms with van der Waals surface area (Å²) in [6.45, 7) is 0.738. The Morgan fingerprint density at radius 3 is 2.55 bits per heavy atom. The van der Waals surface area contributed by atoms with Crippen LogP contribution in [0.4, 0.5) is 0 Å². The summed E-state index contributed by atoms with van der Waals surface area (Å²) in [5, 5.41) is 0. The van der Waals surface area contributed by atoms with Crippen molar-refractivity contribution in [2.45, 2.75) is 6.92 Å². The molecule has 5 nitrogen and oxygen atoms in total. The molecule has 0 bridgehead atoms. The Balaban J connectivity index is 0. The van der Waals surface area contributed by atoms with Crippen molar-refractivity contribution < 1.29 is 22.2 Å². The quantitative estimate of drug-likeness (QED) is 0.407. The monoisotopic (exact) mass is 190 g/mol. The standard InChI is InChI=1S/C4H6O5S.Na.H/c1-4(6)9-10(7)8-3-2-5;;/h2H,3H2,1H3;;. The van der Waals surface area contributed by atoms with Crippen molar-refractivity contribution in [2.75, 3.05) is 6.61 Å². The van der Waals surface area contributed by atoms with Gasteiger partial charge in [-0.3, -0.25) is 8.98 Å². The fourth-order valence-electron chi connectivity index (χ4n) is 0.203. The van der Waals surface area contributed by atoms with E-state index in [4.69, 9.17) is 0 Å². The van der Waals surface area contributed by atoms with Crippen LogP contribution in [0.25, 0.3) is 0 Å². The van der Waals surface area contributed by atoms with E-state index in [2.05, 4.69) is 8.37 Å². The maximum atomic E-state index is 10.3. The van der Waals surface area contributed by atoms with Gasteiger partial charge in [0.25, 0.3) is 0 Å². The first-order valence-electron chi connectivity index (χ1n) is 2.34. The van der Waals surface area contributed by atoms with Gasteiger partial charge in [0.15, 0.2) is 0 Å². The van der Waals surface area contributed by atoms with Gasteiger partial charge in [0.1, 0.15) is 12.9 Å². The molecule has 11 heavy (non-hydrogen) atoms. The Bertz CT molecular complexity index is 159. The summed E-state index contributed by atoms with van der Waals surface area (Å²) in [6.07, 6.45) is 0.404. The Morgan fingerprint density at radius 2 is 2.18 bits per heavy atom. The van der Waals surface area contributed by atoms with Crippen LogP contribution in [0.3, 0.4) is 0 Å². The van der Waals surface area contributed by atoms with Crippen LogP contribution in [0.2, 0.25) is 0 Å². The van der Waals surface area contributed by atoms with Crippen molar-refractivity contribution >= 4 is 53.2 Å². The van der Waals surface area contributed by atoms with E-state index < -0.39 is 17.3 Å². The Kier molecular flexibility index (Phi) is 10.5. The van der Waals surface area contributed by atoms with Crippen molar-refractivity contribution in [3.8, 4) is 0 Å². The van der Waals surface area contributed by atoms with Gasteiger partial charge in [0, 0.05) is 6.92 Å². The topological polar surface area (TPSA) is 69.7 Å². The molecular formula is C4H7NaO5S. The molecule has 0 radical (unpaired) electrons. The summed E-state index contributed by atoms with van der Waals surface area (Å²) in [6, 6.07) is 0. The van der Waals surface area contributed by atoms with Gasteiger partial charge in [-0.15, -0.1) is 0 Å². The van der Waals surface area contributed by atoms with Crippen LogP contribution in [0, 0.1) is 0 Å². The van der Waals surface area contributed by atoms with Crippen LogP contribution in [-0.2, 0) is 29.3 Å². The SMILES string of the molecule is CC(=O)OS(=O)OCC=O.[NaH].